The number of anilines is 1. The Morgan fingerprint density at radius 1 is 1.00 bits per heavy atom. The van der Waals surface area contributed by atoms with Crippen molar-refractivity contribution in [3.63, 3.8) is 0 Å². The van der Waals surface area contributed by atoms with Crippen LogP contribution >= 0.6 is 0 Å². The molecule has 0 bridgehead atoms. The number of benzene rings is 2. The molecular formula is C17H22N2O2S. The summed E-state index contributed by atoms with van der Waals surface area (Å²) in [6, 6.07) is 16.5. The highest BCUT2D eigenvalue weighted by Crippen LogP contribution is 2.19. The van der Waals surface area contributed by atoms with Crippen LogP contribution in [0.2, 0.25) is 0 Å². The van der Waals surface area contributed by atoms with Gasteiger partial charge in [0.2, 0.25) is 10.0 Å². The van der Waals surface area contributed by atoms with Crippen LogP contribution in [0.5, 0.6) is 0 Å². The van der Waals surface area contributed by atoms with Crippen LogP contribution in [0, 0.1) is 0 Å². The number of hydrogen-bond acceptors (Lipinski definition) is 3. The summed E-state index contributed by atoms with van der Waals surface area (Å²) >= 11 is 0. The smallest absolute Gasteiger partial charge is 0.243 e. The Morgan fingerprint density at radius 3 is 2.23 bits per heavy atom. The normalized spacial score (nSPS) is 11.6. The molecular weight excluding hydrogens is 296 g/mol. The maximum atomic E-state index is 12.6. The summed E-state index contributed by atoms with van der Waals surface area (Å²) in [6.07, 6.45) is 1.03. The van der Waals surface area contributed by atoms with Crippen LogP contribution in [0.3, 0.4) is 0 Å². The lowest BCUT2D eigenvalue weighted by atomic mass is 10.2. The molecule has 0 aliphatic rings. The van der Waals surface area contributed by atoms with Crippen molar-refractivity contribution in [3.05, 3.63) is 60.2 Å². The van der Waals surface area contributed by atoms with Crippen LogP contribution < -0.4 is 5.32 Å². The minimum atomic E-state index is -3.47. The number of sulfonamides is 1. The molecule has 0 saturated carbocycles. The lowest BCUT2D eigenvalue weighted by Gasteiger charge is -2.17. The van der Waals surface area contributed by atoms with Crippen molar-refractivity contribution in [1.82, 2.24) is 4.31 Å². The van der Waals surface area contributed by atoms with Gasteiger partial charge >= 0.3 is 0 Å². The SMILES string of the molecule is CCCNc1ccc(S(=O)(=O)N(C)Cc2ccccc2)cc1. The molecule has 0 amide bonds. The van der Waals surface area contributed by atoms with Gasteiger partial charge in [0.05, 0.1) is 4.90 Å². The standard InChI is InChI=1S/C17H22N2O2S/c1-3-13-18-16-9-11-17(12-10-16)22(20,21)19(2)14-15-7-5-4-6-8-15/h4-12,18H,3,13-14H2,1-2H3. The molecule has 0 radical (unpaired) electrons. The van der Waals surface area contributed by atoms with Crippen molar-refractivity contribution in [2.75, 3.05) is 18.9 Å². The average Bonchev–Trinajstić information content (AvgIpc) is 2.54. The second kappa shape index (κ2) is 7.42. The van der Waals surface area contributed by atoms with Crippen molar-refractivity contribution < 1.29 is 8.42 Å². The molecule has 5 heteroatoms. The average molecular weight is 318 g/mol. The summed E-state index contributed by atoms with van der Waals surface area (Å²) in [6.45, 7) is 3.32. The molecule has 0 atom stereocenters. The van der Waals surface area contributed by atoms with Crippen molar-refractivity contribution in [3.8, 4) is 0 Å². The van der Waals surface area contributed by atoms with E-state index in [4.69, 9.17) is 0 Å². The van der Waals surface area contributed by atoms with Gasteiger partial charge in [-0.05, 0) is 36.2 Å². The van der Waals surface area contributed by atoms with E-state index >= 15 is 0 Å². The van der Waals surface area contributed by atoms with Gasteiger partial charge in [0.1, 0.15) is 0 Å². The van der Waals surface area contributed by atoms with E-state index in [9.17, 15) is 8.42 Å². The quantitative estimate of drug-likeness (QED) is 0.852. The predicted octanol–water partition coefficient (Wildman–Crippen LogP) is 3.33. The van der Waals surface area contributed by atoms with Gasteiger partial charge in [-0.1, -0.05) is 37.3 Å². The van der Waals surface area contributed by atoms with E-state index in [0.717, 1.165) is 24.2 Å². The molecule has 2 aromatic carbocycles. The maximum Gasteiger partial charge on any atom is 0.243 e. The Kier molecular flexibility index (Phi) is 5.57. The second-order valence-electron chi connectivity index (χ2n) is 5.20. The first-order chi connectivity index (χ1) is 10.5. The predicted molar refractivity (Wildman–Crippen MR) is 90.3 cm³/mol. The fraction of sp³-hybridized carbons (Fsp3) is 0.294. The molecule has 0 aromatic heterocycles. The van der Waals surface area contributed by atoms with Crippen LogP contribution in [-0.4, -0.2) is 26.3 Å². The van der Waals surface area contributed by atoms with Crippen molar-refractivity contribution in [2.45, 2.75) is 24.8 Å². The molecule has 22 heavy (non-hydrogen) atoms. The summed E-state index contributed by atoms with van der Waals surface area (Å²) in [4.78, 5) is 0.313. The lowest BCUT2D eigenvalue weighted by Crippen LogP contribution is -2.26. The van der Waals surface area contributed by atoms with Gasteiger partial charge in [-0.2, -0.15) is 4.31 Å². The van der Waals surface area contributed by atoms with E-state index in [-0.39, 0.29) is 0 Å². The Labute approximate surface area is 132 Å². The first kappa shape index (κ1) is 16.5. The number of hydrogen-bond donors (Lipinski definition) is 1. The monoisotopic (exact) mass is 318 g/mol. The zero-order chi connectivity index (χ0) is 16.0. The van der Waals surface area contributed by atoms with Gasteiger partial charge in [-0.3, -0.25) is 0 Å². The van der Waals surface area contributed by atoms with E-state index in [0.29, 0.717) is 11.4 Å². The van der Waals surface area contributed by atoms with Crippen LogP contribution in [0.15, 0.2) is 59.5 Å². The van der Waals surface area contributed by atoms with Crippen molar-refractivity contribution >= 4 is 15.7 Å². The summed E-state index contributed by atoms with van der Waals surface area (Å²) in [7, 11) is -1.87. The molecule has 2 aromatic rings. The Balaban J connectivity index is 2.12. The molecule has 1 N–H and O–H groups in total. The summed E-state index contributed by atoms with van der Waals surface area (Å²) in [5, 5.41) is 3.23. The van der Waals surface area contributed by atoms with E-state index in [1.807, 2.05) is 30.3 Å². The molecule has 0 saturated heterocycles. The Hall–Kier alpha value is -1.85. The largest absolute Gasteiger partial charge is 0.385 e. The van der Waals surface area contributed by atoms with Crippen molar-refractivity contribution in [2.24, 2.45) is 0 Å². The summed E-state index contributed by atoms with van der Waals surface area (Å²) in [5.41, 5.74) is 1.90. The van der Waals surface area contributed by atoms with Crippen LogP contribution in [0.1, 0.15) is 18.9 Å². The summed E-state index contributed by atoms with van der Waals surface area (Å²) in [5.74, 6) is 0. The zero-order valence-corrected chi connectivity index (χ0v) is 13.8. The van der Waals surface area contributed by atoms with Gasteiger partial charge < -0.3 is 5.32 Å². The van der Waals surface area contributed by atoms with Gasteiger partial charge in [-0.25, -0.2) is 8.42 Å². The molecule has 0 fully saturated rings. The Bertz CT molecular complexity index is 682. The zero-order valence-electron chi connectivity index (χ0n) is 13.0. The fourth-order valence-electron chi connectivity index (χ4n) is 2.12. The highest BCUT2D eigenvalue weighted by atomic mass is 32.2. The van der Waals surface area contributed by atoms with E-state index < -0.39 is 10.0 Å². The molecule has 0 spiro atoms. The molecule has 0 unspecified atom stereocenters. The first-order valence-corrected chi connectivity index (χ1v) is 8.82. The third-order valence-corrected chi connectivity index (χ3v) is 5.21. The molecule has 0 aliphatic heterocycles. The molecule has 2 rings (SSSR count). The first-order valence-electron chi connectivity index (χ1n) is 7.38. The van der Waals surface area contributed by atoms with E-state index in [2.05, 4.69) is 12.2 Å². The lowest BCUT2D eigenvalue weighted by molar-refractivity contribution is 0.467. The third kappa shape index (κ3) is 4.08. The fourth-order valence-corrected chi connectivity index (χ4v) is 3.28. The van der Waals surface area contributed by atoms with Crippen LogP contribution in [-0.2, 0) is 16.6 Å². The van der Waals surface area contributed by atoms with Crippen LogP contribution in [0.25, 0.3) is 0 Å². The minimum Gasteiger partial charge on any atom is -0.385 e. The Morgan fingerprint density at radius 2 is 1.64 bits per heavy atom. The highest BCUT2D eigenvalue weighted by molar-refractivity contribution is 7.89. The third-order valence-electron chi connectivity index (χ3n) is 3.39. The van der Waals surface area contributed by atoms with Gasteiger partial charge in [0.25, 0.3) is 0 Å². The molecule has 0 heterocycles. The highest BCUT2D eigenvalue weighted by Gasteiger charge is 2.20. The number of nitrogens with one attached hydrogen (secondary N) is 1. The van der Waals surface area contributed by atoms with Crippen LogP contribution in [0.4, 0.5) is 5.69 Å². The number of nitrogens with zero attached hydrogens (tertiary/aromatic N) is 1. The summed E-state index contributed by atoms with van der Waals surface area (Å²) < 4.78 is 26.5. The molecule has 118 valence electrons. The molecule has 0 aliphatic carbocycles. The molecule has 4 nitrogen and oxygen atoms in total. The van der Waals surface area contributed by atoms with E-state index in [1.165, 1.54) is 4.31 Å². The topological polar surface area (TPSA) is 49.4 Å². The maximum absolute atomic E-state index is 12.6. The van der Waals surface area contributed by atoms with Gasteiger partial charge in [0.15, 0.2) is 0 Å². The minimum absolute atomic E-state index is 0.313. The second-order valence-corrected chi connectivity index (χ2v) is 7.24. The number of rotatable bonds is 7. The van der Waals surface area contributed by atoms with Gasteiger partial charge in [-0.15, -0.1) is 0 Å². The van der Waals surface area contributed by atoms with E-state index in [1.54, 1.807) is 31.3 Å². The van der Waals surface area contributed by atoms with Gasteiger partial charge in [0, 0.05) is 25.8 Å². The van der Waals surface area contributed by atoms with Crippen molar-refractivity contribution in [1.29, 1.82) is 0 Å².